The van der Waals surface area contributed by atoms with Gasteiger partial charge in [-0.05, 0) is 86.7 Å². The lowest BCUT2D eigenvalue weighted by Crippen LogP contribution is -2.28. The van der Waals surface area contributed by atoms with Gasteiger partial charge in [-0.2, -0.15) is 0 Å². The van der Waals surface area contributed by atoms with Gasteiger partial charge in [0.1, 0.15) is 11.3 Å². The molecular formula is C26H33F2N. The van der Waals surface area contributed by atoms with Gasteiger partial charge in [-0.15, -0.1) is 0 Å². The molecule has 2 saturated carbocycles. The minimum atomic E-state index is -1.27. The lowest BCUT2D eigenvalue weighted by molar-refractivity contribution is 0.273. The van der Waals surface area contributed by atoms with Crippen LogP contribution in [0.2, 0.25) is 0 Å². The van der Waals surface area contributed by atoms with E-state index in [1.165, 1.54) is 5.56 Å². The summed E-state index contributed by atoms with van der Waals surface area (Å²) in [6.45, 7) is 5.45. The third kappa shape index (κ3) is 5.06. The predicted molar refractivity (Wildman–Crippen MR) is 116 cm³/mol. The maximum absolute atomic E-state index is 14.9. The molecule has 0 amide bonds. The normalized spacial score (nSPS) is 18.8. The molecule has 1 nitrogen and oxygen atoms in total. The van der Waals surface area contributed by atoms with Crippen molar-refractivity contribution in [2.75, 3.05) is 19.6 Å². The van der Waals surface area contributed by atoms with Gasteiger partial charge < -0.3 is 4.90 Å². The number of aryl methyl sites for hydroxylation is 1. The highest BCUT2D eigenvalue weighted by atomic mass is 19.1. The zero-order chi connectivity index (χ0) is 20.3. The van der Waals surface area contributed by atoms with Gasteiger partial charge in [-0.25, -0.2) is 8.78 Å². The minimum absolute atomic E-state index is 0.544. The molecule has 0 unspecified atom stereocenters. The van der Waals surface area contributed by atoms with Crippen molar-refractivity contribution in [3.8, 4) is 0 Å². The minimum Gasteiger partial charge on any atom is -0.303 e. The number of hydrogen-bond acceptors (Lipinski definition) is 1. The van der Waals surface area contributed by atoms with Crippen molar-refractivity contribution in [3.63, 3.8) is 0 Å². The van der Waals surface area contributed by atoms with Crippen LogP contribution in [0.1, 0.15) is 67.7 Å². The molecule has 0 atom stereocenters. The van der Waals surface area contributed by atoms with Gasteiger partial charge in [0.2, 0.25) is 0 Å². The number of halogens is 2. The topological polar surface area (TPSA) is 3.24 Å². The Morgan fingerprint density at radius 1 is 0.759 bits per heavy atom. The van der Waals surface area contributed by atoms with Gasteiger partial charge in [-0.3, -0.25) is 0 Å². The molecule has 29 heavy (non-hydrogen) atoms. The summed E-state index contributed by atoms with van der Waals surface area (Å²) >= 11 is 0. The van der Waals surface area contributed by atoms with Crippen LogP contribution in [0.4, 0.5) is 8.78 Å². The third-order valence-corrected chi connectivity index (χ3v) is 6.47. The number of rotatable bonds is 11. The summed E-state index contributed by atoms with van der Waals surface area (Å²) in [5.41, 5.74) is 1.27. The maximum Gasteiger partial charge on any atom is 0.136 e. The SMILES string of the molecule is CCCN(CCCc1ccc(C2(F)CC2)c(C2(F)CC2)c1)CCc1ccccc1. The van der Waals surface area contributed by atoms with Crippen molar-refractivity contribution in [1.29, 1.82) is 0 Å². The van der Waals surface area contributed by atoms with E-state index < -0.39 is 11.3 Å². The van der Waals surface area contributed by atoms with Crippen molar-refractivity contribution in [1.82, 2.24) is 4.90 Å². The molecule has 0 heterocycles. The molecule has 0 spiro atoms. The van der Waals surface area contributed by atoms with Crippen LogP contribution in [0.3, 0.4) is 0 Å². The van der Waals surface area contributed by atoms with E-state index in [2.05, 4.69) is 42.2 Å². The molecule has 0 saturated heterocycles. The van der Waals surface area contributed by atoms with Gasteiger partial charge in [0.05, 0.1) is 0 Å². The van der Waals surface area contributed by atoms with Crippen molar-refractivity contribution in [2.45, 2.75) is 69.6 Å². The van der Waals surface area contributed by atoms with Gasteiger partial charge in [-0.1, -0.05) is 55.5 Å². The molecule has 2 aromatic carbocycles. The summed E-state index contributed by atoms with van der Waals surface area (Å²) in [6.07, 6.45) is 6.37. The smallest absolute Gasteiger partial charge is 0.136 e. The van der Waals surface area contributed by atoms with E-state index in [-0.39, 0.29) is 0 Å². The highest BCUT2D eigenvalue weighted by molar-refractivity contribution is 5.44. The average Bonchev–Trinajstić information content (AvgIpc) is 3.66. The van der Waals surface area contributed by atoms with Gasteiger partial charge in [0.25, 0.3) is 0 Å². The first-order valence-electron chi connectivity index (χ1n) is 11.3. The van der Waals surface area contributed by atoms with Crippen LogP contribution in [0.15, 0.2) is 48.5 Å². The second-order valence-electron chi connectivity index (χ2n) is 8.99. The summed E-state index contributed by atoms with van der Waals surface area (Å²) in [4.78, 5) is 2.53. The van der Waals surface area contributed by atoms with E-state index in [0.29, 0.717) is 36.8 Å². The Morgan fingerprint density at radius 2 is 1.45 bits per heavy atom. The summed E-state index contributed by atoms with van der Waals surface area (Å²) in [5.74, 6) is 0. The van der Waals surface area contributed by atoms with E-state index in [4.69, 9.17) is 0 Å². The Bertz CT molecular complexity index is 809. The maximum atomic E-state index is 14.9. The molecule has 2 aliphatic carbocycles. The molecule has 3 heteroatoms. The first kappa shape index (κ1) is 20.5. The van der Waals surface area contributed by atoms with Crippen molar-refractivity contribution in [3.05, 3.63) is 70.8 Å². The zero-order valence-electron chi connectivity index (χ0n) is 17.6. The standard InChI is InChI=1S/C26H33F2N/c1-2-17-29(19-12-21-7-4-3-5-8-21)18-6-9-22-10-11-23(25(27)13-14-25)24(20-22)26(28)15-16-26/h3-5,7-8,10-11,20H,2,6,9,12-19H2,1H3. The highest BCUT2D eigenvalue weighted by Crippen LogP contribution is 2.58. The molecule has 2 aliphatic rings. The van der Waals surface area contributed by atoms with Crippen LogP contribution in [0, 0.1) is 0 Å². The Kier molecular flexibility index (Phi) is 6.06. The molecule has 0 aliphatic heterocycles. The van der Waals surface area contributed by atoms with Gasteiger partial charge >= 0.3 is 0 Å². The number of hydrogen-bond donors (Lipinski definition) is 0. The molecule has 4 rings (SSSR count). The monoisotopic (exact) mass is 397 g/mol. The molecule has 0 aromatic heterocycles. The van der Waals surface area contributed by atoms with Crippen molar-refractivity contribution >= 4 is 0 Å². The molecule has 2 aromatic rings. The van der Waals surface area contributed by atoms with E-state index >= 15 is 0 Å². The second-order valence-corrected chi connectivity index (χ2v) is 8.99. The van der Waals surface area contributed by atoms with Crippen LogP contribution in [0.5, 0.6) is 0 Å². The summed E-state index contributed by atoms with van der Waals surface area (Å²) in [7, 11) is 0. The highest BCUT2D eigenvalue weighted by Gasteiger charge is 2.53. The molecule has 0 radical (unpaired) electrons. The fourth-order valence-electron chi connectivity index (χ4n) is 4.36. The second kappa shape index (κ2) is 8.55. The average molecular weight is 398 g/mol. The van der Waals surface area contributed by atoms with Crippen LogP contribution in [-0.2, 0) is 24.2 Å². The van der Waals surface area contributed by atoms with E-state index in [1.807, 2.05) is 18.2 Å². The van der Waals surface area contributed by atoms with Crippen molar-refractivity contribution in [2.24, 2.45) is 0 Å². The molecule has 156 valence electrons. The lowest BCUT2D eigenvalue weighted by Gasteiger charge is -2.22. The first-order valence-corrected chi connectivity index (χ1v) is 11.3. The third-order valence-electron chi connectivity index (χ3n) is 6.47. The molecule has 0 bridgehead atoms. The molecule has 2 fully saturated rings. The van der Waals surface area contributed by atoms with Crippen LogP contribution < -0.4 is 0 Å². The zero-order valence-corrected chi connectivity index (χ0v) is 17.6. The summed E-state index contributed by atoms with van der Waals surface area (Å²) in [6, 6.07) is 16.5. The fraction of sp³-hybridized carbons (Fsp3) is 0.538. The van der Waals surface area contributed by atoms with Crippen molar-refractivity contribution < 1.29 is 8.78 Å². The van der Waals surface area contributed by atoms with E-state index in [9.17, 15) is 8.78 Å². The van der Waals surface area contributed by atoms with Gasteiger partial charge in [0, 0.05) is 6.54 Å². The van der Waals surface area contributed by atoms with Gasteiger partial charge in [0.15, 0.2) is 0 Å². The molecular weight excluding hydrogens is 364 g/mol. The van der Waals surface area contributed by atoms with E-state index in [0.717, 1.165) is 50.9 Å². The quantitative estimate of drug-likeness (QED) is 0.419. The van der Waals surface area contributed by atoms with Crippen LogP contribution in [0.25, 0.3) is 0 Å². The lowest BCUT2D eigenvalue weighted by atomic mass is 9.93. The first-order chi connectivity index (χ1) is 14.0. The number of benzene rings is 2. The van der Waals surface area contributed by atoms with E-state index in [1.54, 1.807) is 0 Å². The predicted octanol–water partition coefficient (Wildman–Crippen LogP) is 6.49. The Labute approximate surface area is 174 Å². The number of nitrogens with zero attached hydrogens (tertiary/aromatic N) is 1. The summed E-state index contributed by atoms with van der Waals surface area (Å²) < 4.78 is 29.5. The number of alkyl halides is 2. The Morgan fingerprint density at radius 3 is 2.10 bits per heavy atom. The largest absolute Gasteiger partial charge is 0.303 e. The molecule has 0 N–H and O–H groups in total. The van der Waals surface area contributed by atoms with Crippen LogP contribution >= 0.6 is 0 Å². The summed E-state index contributed by atoms with van der Waals surface area (Å²) in [5, 5.41) is 0. The fourth-order valence-corrected chi connectivity index (χ4v) is 4.36. The Balaban J connectivity index is 1.34. The Hall–Kier alpha value is -1.74. The van der Waals surface area contributed by atoms with Crippen LogP contribution in [-0.4, -0.2) is 24.5 Å².